The average molecular weight is 373 g/mol. The van der Waals surface area contributed by atoms with Crippen molar-refractivity contribution in [1.29, 1.82) is 0 Å². The van der Waals surface area contributed by atoms with Crippen molar-refractivity contribution in [2.45, 2.75) is 44.1 Å². The van der Waals surface area contributed by atoms with Crippen molar-refractivity contribution in [2.24, 2.45) is 0 Å². The molecule has 2 heterocycles. The molecule has 1 aromatic heterocycles. The van der Waals surface area contributed by atoms with Gasteiger partial charge in [0.15, 0.2) is 5.79 Å². The van der Waals surface area contributed by atoms with Crippen LogP contribution in [0, 0.1) is 0 Å². The molecule has 1 aliphatic carbocycles. The number of hydrogen-bond acceptors (Lipinski definition) is 5. The standard InChI is InChI=1S/C19H23N3O5/c23-18(24)20-16-12-22(15-6-8-19(9-7-15)26-10-11-27-19)21-17(16)25-13-14-4-2-1-3-5-14/h1-5,12,15,20H,6-11,13H2,(H,23,24). The van der Waals surface area contributed by atoms with Crippen molar-refractivity contribution >= 4 is 11.8 Å². The van der Waals surface area contributed by atoms with Crippen LogP contribution in [0.25, 0.3) is 0 Å². The molecular formula is C19H23N3O5. The van der Waals surface area contributed by atoms with Gasteiger partial charge in [0.25, 0.3) is 5.88 Å². The molecule has 1 aliphatic heterocycles. The van der Waals surface area contributed by atoms with Crippen LogP contribution in [-0.2, 0) is 16.1 Å². The fourth-order valence-corrected chi connectivity index (χ4v) is 3.69. The fraction of sp³-hybridized carbons (Fsp3) is 0.474. The van der Waals surface area contributed by atoms with E-state index in [-0.39, 0.29) is 11.9 Å². The summed E-state index contributed by atoms with van der Waals surface area (Å²) in [5.41, 5.74) is 1.34. The zero-order valence-electron chi connectivity index (χ0n) is 15.0. The molecule has 144 valence electrons. The number of ether oxygens (including phenoxy) is 3. The van der Waals surface area contributed by atoms with Crippen molar-refractivity contribution in [2.75, 3.05) is 18.5 Å². The van der Waals surface area contributed by atoms with E-state index in [4.69, 9.17) is 19.3 Å². The number of hydrogen-bond donors (Lipinski definition) is 2. The first-order valence-electron chi connectivity index (χ1n) is 9.17. The number of anilines is 1. The summed E-state index contributed by atoms with van der Waals surface area (Å²) >= 11 is 0. The van der Waals surface area contributed by atoms with E-state index in [2.05, 4.69) is 10.4 Å². The van der Waals surface area contributed by atoms with Crippen molar-refractivity contribution in [3.05, 3.63) is 42.1 Å². The summed E-state index contributed by atoms with van der Waals surface area (Å²) in [6.07, 6.45) is 3.87. The molecule has 27 heavy (non-hydrogen) atoms. The Morgan fingerprint density at radius 1 is 1.26 bits per heavy atom. The predicted molar refractivity (Wildman–Crippen MR) is 96.8 cm³/mol. The lowest BCUT2D eigenvalue weighted by molar-refractivity contribution is -0.181. The Labute approximate surface area is 157 Å². The Hall–Kier alpha value is -2.58. The number of amides is 1. The molecule has 1 aromatic carbocycles. The van der Waals surface area contributed by atoms with Crippen LogP contribution in [0.2, 0.25) is 0 Å². The minimum atomic E-state index is -1.14. The minimum Gasteiger partial charge on any atom is -0.470 e. The highest BCUT2D eigenvalue weighted by atomic mass is 16.7. The molecule has 4 rings (SSSR count). The zero-order valence-corrected chi connectivity index (χ0v) is 15.0. The van der Waals surface area contributed by atoms with Crippen LogP contribution in [0.5, 0.6) is 5.88 Å². The lowest BCUT2D eigenvalue weighted by Crippen LogP contribution is -2.35. The molecule has 2 fully saturated rings. The summed E-state index contributed by atoms with van der Waals surface area (Å²) in [5, 5.41) is 16.0. The average Bonchev–Trinajstić information content (AvgIpc) is 3.29. The molecule has 0 unspecified atom stereocenters. The summed E-state index contributed by atoms with van der Waals surface area (Å²) in [7, 11) is 0. The minimum absolute atomic E-state index is 0.159. The Balaban J connectivity index is 1.46. The van der Waals surface area contributed by atoms with Gasteiger partial charge in [-0.05, 0) is 18.4 Å². The van der Waals surface area contributed by atoms with Crippen LogP contribution in [-0.4, -0.2) is 40.0 Å². The van der Waals surface area contributed by atoms with Gasteiger partial charge in [-0.1, -0.05) is 30.3 Å². The highest BCUT2D eigenvalue weighted by Crippen LogP contribution is 2.41. The quantitative estimate of drug-likeness (QED) is 0.834. The number of nitrogens with zero attached hydrogens (tertiary/aromatic N) is 2. The first-order valence-corrected chi connectivity index (χ1v) is 9.17. The summed E-state index contributed by atoms with van der Waals surface area (Å²) in [6.45, 7) is 1.62. The maximum absolute atomic E-state index is 11.1. The van der Waals surface area contributed by atoms with E-state index >= 15 is 0 Å². The lowest BCUT2D eigenvalue weighted by Gasteiger charge is -2.35. The monoisotopic (exact) mass is 373 g/mol. The summed E-state index contributed by atoms with van der Waals surface area (Å²) in [4.78, 5) is 11.1. The topological polar surface area (TPSA) is 94.8 Å². The van der Waals surface area contributed by atoms with Gasteiger partial charge in [0.2, 0.25) is 0 Å². The smallest absolute Gasteiger partial charge is 0.409 e. The summed E-state index contributed by atoms with van der Waals surface area (Å²) in [5.74, 6) is -0.145. The molecule has 0 atom stereocenters. The number of carbonyl (C=O) groups is 1. The van der Waals surface area contributed by atoms with Crippen LogP contribution >= 0.6 is 0 Å². The molecule has 2 aromatic rings. The van der Waals surface area contributed by atoms with Crippen molar-refractivity contribution < 1.29 is 24.1 Å². The number of carboxylic acid groups (broad SMARTS) is 1. The van der Waals surface area contributed by atoms with Crippen LogP contribution in [0.3, 0.4) is 0 Å². The van der Waals surface area contributed by atoms with E-state index in [0.717, 1.165) is 31.2 Å². The van der Waals surface area contributed by atoms with Crippen LogP contribution in [0.15, 0.2) is 36.5 Å². The van der Waals surface area contributed by atoms with Crippen molar-refractivity contribution in [3.63, 3.8) is 0 Å². The maximum atomic E-state index is 11.1. The van der Waals surface area contributed by atoms with Crippen molar-refractivity contribution in [3.8, 4) is 5.88 Å². The van der Waals surface area contributed by atoms with Gasteiger partial charge < -0.3 is 19.3 Å². The molecule has 8 nitrogen and oxygen atoms in total. The number of aromatic nitrogens is 2. The van der Waals surface area contributed by atoms with E-state index in [1.54, 1.807) is 10.9 Å². The molecule has 2 aliphatic rings. The second-order valence-corrected chi connectivity index (χ2v) is 6.87. The Bertz CT molecular complexity index is 776. The first-order chi connectivity index (χ1) is 13.1. The van der Waals surface area contributed by atoms with Crippen LogP contribution in [0.4, 0.5) is 10.5 Å². The van der Waals surface area contributed by atoms with E-state index in [1.165, 1.54) is 0 Å². The molecule has 1 spiro atoms. The maximum Gasteiger partial charge on any atom is 0.409 e. The Morgan fingerprint density at radius 2 is 1.96 bits per heavy atom. The van der Waals surface area contributed by atoms with E-state index < -0.39 is 11.9 Å². The van der Waals surface area contributed by atoms with E-state index in [9.17, 15) is 4.79 Å². The van der Waals surface area contributed by atoms with E-state index in [0.29, 0.717) is 25.5 Å². The normalized spacial score (nSPS) is 19.3. The van der Waals surface area contributed by atoms with E-state index in [1.807, 2.05) is 30.3 Å². The summed E-state index contributed by atoms with van der Waals surface area (Å²) in [6, 6.07) is 9.85. The molecule has 0 radical (unpaired) electrons. The van der Waals surface area contributed by atoms with Crippen LogP contribution < -0.4 is 10.1 Å². The number of nitrogens with one attached hydrogen (secondary N) is 1. The first kappa shape index (κ1) is 17.8. The van der Waals surface area contributed by atoms with Gasteiger partial charge in [0.05, 0.1) is 25.5 Å². The third-order valence-electron chi connectivity index (χ3n) is 5.06. The largest absolute Gasteiger partial charge is 0.470 e. The fourth-order valence-electron chi connectivity index (χ4n) is 3.69. The highest BCUT2D eigenvalue weighted by Gasteiger charge is 2.41. The number of benzene rings is 1. The lowest BCUT2D eigenvalue weighted by atomic mass is 9.90. The zero-order chi connectivity index (χ0) is 18.7. The highest BCUT2D eigenvalue weighted by molar-refractivity contribution is 5.84. The third kappa shape index (κ3) is 4.06. The van der Waals surface area contributed by atoms with Gasteiger partial charge in [-0.3, -0.25) is 10.00 Å². The summed E-state index contributed by atoms with van der Waals surface area (Å²) < 4.78 is 19.1. The Morgan fingerprint density at radius 3 is 2.63 bits per heavy atom. The second kappa shape index (κ2) is 7.58. The van der Waals surface area contributed by atoms with Gasteiger partial charge in [-0.25, -0.2) is 4.79 Å². The molecular weight excluding hydrogens is 350 g/mol. The Kier molecular flexibility index (Phi) is 5.00. The van der Waals surface area contributed by atoms with Gasteiger partial charge in [-0.15, -0.1) is 5.10 Å². The predicted octanol–water partition coefficient (Wildman–Crippen LogP) is 3.41. The molecule has 1 saturated heterocycles. The van der Waals surface area contributed by atoms with Crippen LogP contribution in [0.1, 0.15) is 37.3 Å². The second-order valence-electron chi connectivity index (χ2n) is 6.87. The van der Waals surface area contributed by atoms with Gasteiger partial charge in [0.1, 0.15) is 12.3 Å². The van der Waals surface area contributed by atoms with Gasteiger partial charge >= 0.3 is 6.09 Å². The van der Waals surface area contributed by atoms with Gasteiger partial charge in [0, 0.05) is 12.8 Å². The third-order valence-corrected chi connectivity index (χ3v) is 5.06. The molecule has 2 N–H and O–H groups in total. The van der Waals surface area contributed by atoms with Gasteiger partial charge in [-0.2, -0.15) is 0 Å². The van der Waals surface area contributed by atoms with Crippen molar-refractivity contribution in [1.82, 2.24) is 9.78 Å². The molecule has 1 saturated carbocycles. The molecule has 0 bridgehead atoms. The number of rotatable bonds is 5. The molecule has 1 amide bonds. The SMILES string of the molecule is O=C(O)Nc1cn(C2CCC3(CC2)OCCO3)nc1OCc1ccccc1. The molecule has 8 heteroatoms.